The van der Waals surface area contributed by atoms with Crippen molar-refractivity contribution in [2.24, 2.45) is 0 Å². The molecule has 1 N–H and O–H groups in total. The first-order chi connectivity index (χ1) is 10.2. The number of benzene rings is 1. The van der Waals surface area contributed by atoms with E-state index in [1.54, 1.807) is 6.07 Å². The van der Waals surface area contributed by atoms with Gasteiger partial charge < -0.3 is 9.47 Å². The molecule has 1 aliphatic rings. The number of ether oxygens (including phenoxy) is 2. The molecule has 0 bridgehead atoms. The third kappa shape index (κ3) is 2.92. The van der Waals surface area contributed by atoms with Crippen LogP contribution in [-0.4, -0.2) is 6.79 Å². The second kappa shape index (κ2) is 5.84. The van der Waals surface area contributed by atoms with Crippen LogP contribution in [-0.2, 0) is 5.75 Å². The molecule has 4 nitrogen and oxygen atoms in total. The van der Waals surface area contributed by atoms with Gasteiger partial charge in [-0.2, -0.15) is 5.26 Å². The number of aryl methyl sites for hydroxylation is 1. The molecule has 0 unspecified atom stereocenters. The Morgan fingerprint density at radius 1 is 1.33 bits per heavy atom. The molecule has 0 aliphatic carbocycles. The molecule has 0 saturated heterocycles. The number of nitriles is 1. The minimum atomic E-state index is 0.229. The normalized spacial score (nSPS) is 12.2. The van der Waals surface area contributed by atoms with Crippen molar-refractivity contribution in [3.63, 3.8) is 0 Å². The number of halogens is 1. The monoisotopic (exact) mass is 319 g/mol. The van der Waals surface area contributed by atoms with E-state index in [2.05, 4.69) is 11.1 Å². The fourth-order valence-corrected chi connectivity index (χ4v) is 3.33. The summed E-state index contributed by atoms with van der Waals surface area (Å²) in [7, 11) is 0. The molecule has 0 fully saturated rings. The lowest BCUT2D eigenvalue weighted by Crippen LogP contribution is -2.12. The van der Waals surface area contributed by atoms with E-state index in [-0.39, 0.29) is 6.79 Å². The number of hydrogen-bond donors (Lipinski definition) is 0. The zero-order chi connectivity index (χ0) is 14.8. The van der Waals surface area contributed by atoms with Crippen molar-refractivity contribution >= 4 is 23.4 Å². The number of fused-ring (bicyclic) bond motifs is 1. The predicted molar refractivity (Wildman–Crippen MR) is 79.6 cm³/mol. The van der Waals surface area contributed by atoms with Gasteiger partial charge in [-0.05, 0) is 17.7 Å². The van der Waals surface area contributed by atoms with Crippen molar-refractivity contribution < 1.29 is 14.5 Å². The number of aromatic nitrogens is 1. The van der Waals surface area contributed by atoms with Crippen LogP contribution in [0.15, 0.2) is 29.3 Å². The lowest BCUT2D eigenvalue weighted by atomic mass is 10.2. The summed E-state index contributed by atoms with van der Waals surface area (Å²) in [5.74, 6) is 2.03. The highest BCUT2D eigenvalue weighted by Gasteiger charge is 2.18. The summed E-state index contributed by atoms with van der Waals surface area (Å²) in [5.41, 5.74) is 2.58. The highest BCUT2D eigenvalue weighted by atomic mass is 35.5. The van der Waals surface area contributed by atoms with Crippen LogP contribution in [0.2, 0.25) is 5.02 Å². The van der Waals surface area contributed by atoms with Crippen LogP contribution < -0.4 is 14.5 Å². The summed E-state index contributed by atoms with van der Waals surface area (Å²) in [5, 5.41) is 10.6. The van der Waals surface area contributed by atoms with Crippen LogP contribution >= 0.6 is 23.4 Å². The highest BCUT2D eigenvalue weighted by Crippen LogP contribution is 2.38. The quantitative estimate of drug-likeness (QED) is 0.814. The zero-order valence-corrected chi connectivity index (χ0v) is 12.8. The molecular weight excluding hydrogens is 308 g/mol. The molecule has 2 heterocycles. The van der Waals surface area contributed by atoms with E-state index in [9.17, 15) is 0 Å². The molecule has 2 aromatic rings. The van der Waals surface area contributed by atoms with Crippen molar-refractivity contribution in [1.82, 2.24) is 0 Å². The average Bonchev–Trinajstić information content (AvgIpc) is 2.92. The van der Waals surface area contributed by atoms with Crippen molar-refractivity contribution in [2.45, 2.75) is 17.7 Å². The Labute approximate surface area is 131 Å². The van der Waals surface area contributed by atoms with E-state index >= 15 is 0 Å². The Kier molecular flexibility index (Phi) is 3.91. The van der Waals surface area contributed by atoms with Crippen LogP contribution in [0.4, 0.5) is 0 Å². The molecule has 0 amide bonds. The fourth-order valence-electron chi connectivity index (χ4n) is 1.99. The number of pyridine rings is 1. The molecule has 1 aromatic heterocycles. The molecule has 21 heavy (non-hydrogen) atoms. The maximum Gasteiger partial charge on any atom is 0.256 e. The zero-order valence-electron chi connectivity index (χ0n) is 11.3. The van der Waals surface area contributed by atoms with E-state index in [0.29, 0.717) is 27.8 Å². The molecule has 1 aromatic carbocycles. The van der Waals surface area contributed by atoms with Crippen LogP contribution in [0.25, 0.3) is 0 Å². The minimum absolute atomic E-state index is 0.229. The van der Waals surface area contributed by atoms with Crippen LogP contribution in [0.1, 0.15) is 16.8 Å². The van der Waals surface area contributed by atoms with Gasteiger partial charge in [0.25, 0.3) is 5.03 Å². The molecule has 0 atom stereocenters. The summed E-state index contributed by atoms with van der Waals surface area (Å²) in [6.45, 7) is 2.19. The van der Waals surface area contributed by atoms with Gasteiger partial charge in [0.15, 0.2) is 17.2 Å². The summed E-state index contributed by atoms with van der Waals surface area (Å²) >= 11 is 7.79. The number of rotatable bonds is 3. The van der Waals surface area contributed by atoms with Crippen LogP contribution in [0, 0.1) is 18.3 Å². The standard InChI is InChI=1S/C15H11ClN2O2S/c1-9-2-3-10(6-17)15(18-9)21-7-11-4-13-14(5-12(11)16)20-8-19-13/h2-5H,7-8H2,1H3/p+1. The van der Waals surface area contributed by atoms with Gasteiger partial charge in [0.05, 0.1) is 0 Å². The Morgan fingerprint density at radius 2 is 2.10 bits per heavy atom. The number of nitrogens with zero attached hydrogens (tertiary/aromatic N) is 1. The first-order valence-electron chi connectivity index (χ1n) is 6.31. The van der Waals surface area contributed by atoms with Gasteiger partial charge in [0.2, 0.25) is 6.79 Å². The van der Waals surface area contributed by atoms with Gasteiger partial charge in [-0.1, -0.05) is 23.4 Å². The predicted octanol–water partition coefficient (Wildman–Crippen LogP) is 3.36. The van der Waals surface area contributed by atoms with E-state index in [1.165, 1.54) is 11.8 Å². The first kappa shape index (κ1) is 14.1. The SMILES string of the molecule is Cc1ccc(C#N)c(SCc2cc3c(cc2Cl)OCO3)[nH+]1. The summed E-state index contributed by atoms with van der Waals surface area (Å²) in [4.78, 5) is 3.21. The third-order valence-corrected chi connectivity index (χ3v) is 4.51. The first-order valence-corrected chi connectivity index (χ1v) is 7.67. The maximum atomic E-state index is 9.14. The van der Waals surface area contributed by atoms with Gasteiger partial charge in [0.1, 0.15) is 11.6 Å². The summed E-state index contributed by atoms with van der Waals surface area (Å²) in [6.07, 6.45) is 0. The molecule has 1 aliphatic heterocycles. The number of thioether (sulfide) groups is 1. The summed E-state index contributed by atoms with van der Waals surface area (Å²) < 4.78 is 10.6. The van der Waals surface area contributed by atoms with Crippen molar-refractivity contribution in [1.29, 1.82) is 5.26 Å². The number of nitrogens with one attached hydrogen (secondary N) is 1. The van der Waals surface area contributed by atoms with Gasteiger partial charge in [-0.3, -0.25) is 0 Å². The van der Waals surface area contributed by atoms with E-state index in [4.69, 9.17) is 26.3 Å². The molecule has 3 rings (SSSR count). The second-order valence-electron chi connectivity index (χ2n) is 4.58. The number of hydrogen-bond acceptors (Lipinski definition) is 4. The van der Waals surface area contributed by atoms with Crippen molar-refractivity contribution in [3.8, 4) is 17.6 Å². The highest BCUT2D eigenvalue weighted by molar-refractivity contribution is 7.98. The van der Waals surface area contributed by atoms with Gasteiger partial charge in [-0.15, -0.1) is 0 Å². The third-order valence-electron chi connectivity index (χ3n) is 3.09. The minimum Gasteiger partial charge on any atom is -0.454 e. The van der Waals surface area contributed by atoms with Crippen LogP contribution in [0.5, 0.6) is 11.5 Å². The molecule has 0 spiro atoms. The van der Waals surface area contributed by atoms with Gasteiger partial charge in [-0.25, -0.2) is 4.98 Å². The fraction of sp³-hybridized carbons (Fsp3) is 0.200. The lowest BCUT2D eigenvalue weighted by molar-refractivity contribution is -0.435. The number of aromatic amines is 1. The Bertz CT molecular complexity index is 743. The lowest BCUT2D eigenvalue weighted by Gasteiger charge is -2.05. The molecule has 0 radical (unpaired) electrons. The Morgan fingerprint density at radius 3 is 2.86 bits per heavy atom. The smallest absolute Gasteiger partial charge is 0.256 e. The molecule has 106 valence electrons. The van der Waals surface area contributed by atoms with E-state index in [0.717, 1.165) is 16.3 Å². The molecule has 0 saturated carbocycles. The van der Waals surface area contributed by atoms with Crippen LogP contribution in [0.3, 0.4) is 0 Å². The van der Waals surface area contributed by atoms with E-state index < -0.39 is 0 Å². The van der Waals surface area contributed by atoms with Gasteiger partial charge >= 0.3 is 0 Å². The Balaban J connectivity index is 1.83. The molecular formula is C15H12ClN2O2S+. The molecule has 6 heteroatoms. The second-order valence-corrected chi connectivity index (χ2v) is 5.97. The largest absolute Gasteiger partial charge is 0.454 e. The number of H-pyrrole nitrogens is 1. The average molecular weight is 320 g/mol. The maximum absolute atomic E-state index is 9.14. The topological polar surface area (TPSA) is 56.4 Å². The van der Waals surface area contributed by atoms with Gasteiger partial charge in [0, 0.05) is 29.8 Å². The van der Waals surface area contributed by atoms with E-state index in [1.807, 2.05) is 25.1 Å². The summed E-state index contributed by atoms with van der Waals surface area (Å²) in [6, 6.07) is 9.54. The van der Waals surface area contributed by atoms with Crippen molar-refractivity contribution in [3.05, 3.63) is 46.1 Å². The van der Waals surface area contributed by atoms with Crippen molar-refractivity contribution in [2.75, 3.05) is 6.79 Å². The Hall–Kier alpha value is -1.90.